The zero-order chi connectivity index (χ0) is 14.7. The van der Waals surface area contributed by atoms with Crippen molar-refractivity contribution in [3.8, 4) is 0 Å². The quantitative estimate of drug-likeness (QED) is 0.626. The van der Waals surface area contributed by atoms with E-state index in [9.17, 15) is 14.9 Å². The monoisotopic (exact) mass is 276 g/mol. The van der Waals surface area contributed by atoms with Crippen LogP contribution in [-0.4, -0.2) is 28.7 Å². The standard InChI is InChI=1S/C15H20N2O3/c1-3-12-9-16(8-7-15(12)18)10-13-5-4-6-14(11(13)2)17(19)20/h4-6,12H,3,7-10H2,1-2H3. The molecule has 1 fully saturated rings. The number of piperidine rings is 1. The predicted molar refractivity (Wildman–Crippen MR) is 76.5 cm³/mol. The first-order valence-corrected chi connectivity index (χ1v) is 7.00. The van der Waals surface area contributed by atoms with Crippen molar-refractivity contribution in [2.45, 2.75) is 33.2 Å². The lowest BCUT2D eigenvalue weighted by Gasteiger charge is -2.31. The van der Waals surface area contributed by atoms with Gasteiger partial charge in [0.25, 0.3) is 5.69 Å². The van der Waals surface area contributed by atoms with E-state index in [1.165, 1.54) is 6.07 Å². The second-order valence-electron chi connectivity index (χ2n) is 5.37. The van der Waals surface area contributed by atoms with E-state index in [2.05, 4.69) is 4.90 Å². The number of likely N-dealkylation sites (tertiary alicyclic amines) is 1. The Labute approximate surface area is 118 Å². The van der Waals surface area contributed by atoms with Crippen LogP contribution in [0, 0.1) is 23.0 Å². The van der Waals surface area contributed by atoms with Crippen molar-refractivity contribution in [3.63, 3.8) is 0 Å². The van der Waals surface area contributed by atoms with Gasteiger partial charge in [0.2, 0.25) is 0 Å². The highest BCUT2D eigenvalue weighted by Crippen LogP contribution is 2.24. The lowest BCUT2D eigenvalue weighted by atomic mass is 9.93. The topological polar surface area (TPSA) is 63.4 Å². The molecule has 1 heterocycles. The number of nitrogens with zero attached hydrogens (tertiary/aromatic N) is 2. The van der Waals surface area contributed by atoms with Crippen LogP contribution < -0.4 is 0 Å². The van der Waals surface area contributed by atoms with Gasteiger partial charge in [0, 0.05) is 43.6 Å². The van der Waals surface area contributed by atoms with Crippen LogP contribution in [-0.2, 0) is 11.3 Å². The van der Waals surface area contributed by atoms with Crippen LogP contribution in [0.15, 0.2) is 18.2 Å². The molecule has 1 unspecified atom stereocenters. The molecule has 0 N–H and O–H groups in total. The van der Waals surface area contributed by atoms with E-state index in [1.807, 2.05) is 13.0 Å². The number of nitro groups is 1. The average Bonchev–Trinajstić information content (AvgIpc) is 2.42. The Bertz CT molecular complexity index is 528. The van der Waals surface area contributed by atoms with Crippen molar-refractivity contribution in [2.24, 2.45) is 5.92 Å². The van der Waals surface area contributed by atoms with Gasteiger partial charge in [0.15, 0.2) is 0 Å². The number of Topliss-reactive ketones (excluding diaryl/α,β-unsaturated/α-hetero) is 1. The third-order valence-corrected chi connectivity index (χ3v) is 4.11. The fourth-order valence-electron chi connectivity index (χ4n) is 2.76. The summed E-state index contributed by atoms with van der Waals surface area (Å²) in [6.07, 6.45) is 1.45. The van der Waals surface area contributed by atoms with Gasteiger partial charge in [-0.15, -0.1) is 0 Å². The van der Waals surface area contributed by atoms with E-state index in [4.69, 9.17) is 0 Å². The summed E-state index contributed by atoms with van der Waals surface area (Å²) in [4.78, 5) is 24.6. The minimum atomic E-state index is -0.340. The summed E-state index contributed by atoms with van der Waals surface area (Å²) in [5, 5.41) is 11.0. The molecule has 0 aromatic heterocycles. The fraction of sp³-hybridized carbons (Fsp3) is 0.533. The Morgan fingerprint density at radius 3 is 2.85 bits per heavy atom. The third kappa shape index (κ3) is 3.04. The number of hydrogen-bond donors (Lipinski definition) is 0. The molecule has 1 atom stereocenters. The predicted octanol–water partition coefficient (Wildman–Crippen LogP) is 2.70. The molecule has 1 aliphatic rings. The first-order chi connectivity index (χ1) is 9.52. The SMILES string of the molecule is CCC1CN(Cc2cccc([N+](=O)[O-])c2C)CCC1=O. The Morgan fingerprint density at radius 2 is 2.20 bits per heavy atom. The van der Waals surface area contributed by atoms with Crippen LogP contribution in [0.2, 0.25) is 0 Å². The van der Waals surface area contributed by atoms with Gasteiger partial charge in [-0.25, -0.2) is 0 Å². The first kappa shape index (κ1) is 14.7. The van der Waals surface area contributed by atoms with Crippen molar-refractivity contribution in [1.82, 2.24) is 4.90 Å². The zero-order valence-corrected chi connectivity index (χ0v) is 12.0. The van der Waals surface area contributed by atoms with Crippen LogP contribution in [0.1, 0.15) is 30.9 Å². The highest BCUT2D eigenvalue weighted by atomic mass is 16.6. The van der Waals surface area contributed by atoms with E-state index >= 15 is 0 Å². The van der Waals surface area contributed by atoms with E-state index < -0.39 is 0 Å². The number of ketones is 1. The first-order valence-electron chi connectivity index (χ1n) is 7.00. The van der Waals surface area contributed by atoms with E-state index in [0.29, 0.717) is 18.7 Å². The molecular weight excluding hydrogens is 256 g/mol. The van der Waals surface area contributed by atoms with Gasteiger partial charge in [-0.2, -0.15) is 0 Å². The largest absolute Gasteiger partial charge is 0.299 e. The van der Waals surface area contributed by atoms with E-state index in [0.717, 1.165) is 30.6 Å². The molecule has 0 radical (unpaired) electrons. The number of carbonyl (C=O) groups is 1. The third-order valence-electron chi connectivity index (χ3n) is 4.11. The Kier molecular flexibility index (Phi) is 4.49. The molecule has 0 aliphatic carbocycles. The van der Waals surface area contributed by atoms with Gasteiger partial charge in [-0.05, 0) is 18.9 Å². The summed E-state index contributed by atoms with van der Waals surface area (Å²) in [5.41, 5.74) is 1.87. The molecule has 1 saturated heterocycles. The second kappa shape index (κ2) is 6.13. The molecule has 5 heteroatoms. The number of benzene rings is 1. The van der Waals surface area contributed by atoms with Crippen molar-refractivity contribution in [3.05, 3.63) is 39.4 Å². The van der Waals surface area contributed by atoms with Crippen LogP contribution >= 0.6 is 0 Å². The van der Waals surface area contributed by atoms with E-state index in [1.54, 1.807) is 13.0 Å². The van der Waals surface area contributed by atoms with Crippen LogP contribution in [0.3, 0.4) is 0 Å². The van der Waals surface area contributed by atoms with Crippen LogP contribution in [0.25, 0.3) is 0 Å². The lowest BCUT2D eigenvalue weighted by molar-refractivity contribution is -0.385. The van der Waals surface area contributed by atoms with Crippen molar-refractivity contribution < 1.29 is 9.72 Å². The van der Waals surface area contributed by atoms with Gasteiger partial charge in [-0.1, -0.05) is 19.1 Å². The van der Waals surface area contributed by atoms with Crippen molar-refractivity contribution in [1.29, 1.82) is 0 Å². The molecule has 0 bridgehead atoms. The maximum absolute atomic E-state index is 11.7. The Balaban J connectivity index is 2.13. The molecular formula is C15H20N2O3. The normalized spacial score (nSPS) is 20.1. The van der Waals surface area contributed by atoms with Crippen molar-refractivity contribution in [2.75, 3.05) is 13.1 Å². The molecule has 1 aromatic rings. The van der Waals surface area contributed by atoms with Gasteiger partial charge in [-0.3, -0.25) is 19.8 Å². The summed E-state index contributed by atoms with van der Waals surface area (Å²) < 4.78 is 0. The molecule has 0 spiro atoms. The molecule has 2 rings (SSSR count). The molecule has 0 saturated carbocycles. The maximum Gasteiger partial charge on any atom is 0.272 e. The van der Waals surface area contributed by atoms with Crippen LogP contribution in [0.5, 0.6) is 0 Å². The van der Waals surface area contributed by atoms with Crippen molar-refractivity contribution >= 4 is 11.5 Å². The lowest BCUT2D eigenvalue weighted by Crippen LogP contribution is -2.40. The summed E-state index contributed by atoms with van der Waals surface area (Å²) >= 11 is 0. The minimum absolute atomic E-state index is 0.114. The summed E-state index contributed by atoms with van der Waals surface area (Å²) in [7, 11) is 0. The molecule has 108 valence electrons. The van der Waals surface area contributed by atoms with Gasteiger partial charge in [0.1, 0.15) is 5.78 Å². The Morgan fingerprint density at radius 1 is 1.45 bits per heavy atom. The number of rotatable bonds is 4. The number of carbonyl (C=O) groups excluding carboxylic acids is 1. The smallest absolute Gasteiger partial charge is 0.272 e. The maximum atomic E-state index is 11.7. The number of hydrogen-bond acceptors (Lipinski definition) is 4. The van der Waals surface area contributed by atoms with E-state index in [-0.39, 0.29) is 16.5 Å². The summed E-state index contributed by atoms with van der Waals surface area (Å²) in [6.45, 7) is 6.01. The number of nitro benzene ring substituents is 1. The second-order valence-corrected chi connectivity index (χ2v) is 5.37. The fourth-order valence-corrected chi connectivity index (χ4v) is 2.76. The molecule has 20 heavy (non-hydrogen) atoms. The van der Waals surface area contributed by atoms with Gasteiger partial charge >= 0.3 is 0 Å². The van der Waals surface area contributed by atoms with Gasteiger partial charge in [0.05, 0.1) is 4.92 Å². The molecule has 1 aliphatic heterocycles. The molecule has 0 amide bonds. The highest BCUT2D eigenvalue weighted by molar-refractivity contribution is 5.82. The molecule has 1 aromatic carbocycles. The average molecular weight is 276 g/mol. The van der Waals surface area contributed by atoms with Gasteiger partial charge < -0.3 is 0 Å². The Hall–Kier alpha value is -1.75. The summed E-state index contributed by atoms with van der Waals surface area (Å²) in [6, 6.07) is 5.19. The summed E-state index contributed by atoms with van der Waals surface area (Å²) in [5.74, 6) is 0.460. The van der Waals surface area contributed by atoms with Crippen LogP contribution in [0.4, 0.5) is 5.69 Å². The minimum Gasteiger partial charge on any atom is -0.299 e. The zero-order valence-electron chi connectivity index (χ0n) is 12.0. The molecule has 5 nitrogen and oxygen atoms in total. The highest BCUT2D eigenvalue weighted by Gasteiger charge is 2.26.